The molecule has 3 N–H and O–H groups in total. The van der Waals surface area contributed by atoms with Crippen LogP contribution in [0.3, 0.4) is 0 Å². The van der Waals surface area contributed by atoms with E-state index in [1.807, 2.05) is 75.4 Å². The number of aryl methyl sites for hydroxylation is 2. The van der Waals surface area contributed by atoms with Crippen molar-refractivity contribution in [1.82, 2.24) is 15.9 Å². The molecule has 7 nitrogen and oxygen atoms in total. The lowest BCUT2D eigenvalue weighted by molar-refractivity contribution is -0.198. The van der Waals surface area contributed by atoms with Gasteiger partial charge < -0.3 is 10.7 Å². The number of pyridine rings is 1. The average Bonchev–Trinajstić information content (AvgIpc) is 2.94. The topological polar surface area (TPSA) is 87.6 Å². The number of anilines is 1. The van der Waals surface area contributed by atoms with Gasteiger partial charge in [0.15, 0.2) is 0 Å². The van der Waals surface area contributed by atoms with Gasteiger partial charge in [-0.1, -0.05) is 73.0 Å². The zero-order valence-corrected chi connectivity index (χ0v) is 23.0. The maximum Gasteiger partial charge on any atom is 0.246 e. The lowest BCUT2D eigenvalue weighted by atomic mass is 10.1. The predicted octanol–water partition coefficient (Wildman–Crippen LogP) is 6.56. The van der Waals surface area contributed by atoms with Crippen molar-refractivity contribution in [3.05, 3.63) is 101 Å². The number of nitrogens with zero attached hydrogens (tertiary/aromatic N) is 2. The smallest absolute Gasteiger partial charge is 0.246 e. The molecule has 1 amide bonds. The minimum absolute atomic E-state index is 0.263. The fourth-order valence-electron chi connectivity index (χ4n) is 3.18. The number of aromatic nitrogens is 1. The van der Waals surface area contributed by atoms with E-state index in [9.17, 15) is 9.32 Å². The molecular weight excluding hydrogens is 481 g/mol. The predicted molar refractivity (Wildman–Crippen MR) is 155 cm³/mol. The van der Waals surface area contributed by atoms with Crippen LogP contribution in [0, 0.1) is 13.8 Å². The summed E-state index contributed by atoms with van der Waals surface area (Å²) in [5.74, 6) is -0.441. The zero-order chi connectivity index (χ0) is 28.0. The van der Waals surface area contributed by atoms with Crippen molar-refractivity contribution in [2.24, 2.45) is 5.10 Å². The van der Waals surface area contributed by atoms with Gasteiger partial charge in [0.25, 0.3) is 0 Å². The fraction of sp³-hybridized carbons (Fsp3) is 0.300. The maximum absolute atomic E-state index is 11.2. The third-order valence-corrected chi connectivity index (χ3v) is 5.12. The molecule has 0 bridgehead atoms. The monoisotopic (exact) mass is 521 g/mol. The normalized spacial score (nSPS) is 10.5. The van der Waals surface area contributed by atoms with Gasteiger partial charge in [-0.05, 0) is 67.1 Å². The van der Waals surface area contributed by atoms with E-state index in [1.54, 1.807) is 18.7 Å². The second-order valence-electron chi connectivity index (χ2n) is 7.98. The molecule has 0 spiro atoms. The fourth-order valence-corrected chi connectivity index (χ4v) is 3.18. The Kier molecular flexibility index (Phi) is 16.9. The summed E-state index contributed by atoms with van der Waals surface area (Å²) in [5.41, 5.74) is 10.9. The molecule has 1 aromatic heterocycles. The molecule has 2 aromatic carbocycles. The minimum atomic E-state index is -0.441. The summed E-state index contributed by atoms with van der Waals surface area (Å²) in [4.78, 5) is 15.1. The standard InChI is InChI=1S/C16H17N3.C12H17FN2O2.C2H6/c1-13-6-8-14(9-7-13)16(19-17-2)11-10-15-5-3-4-12-18-15;1-10-6-2-3-7-11(10)14-9-5-4-8-12(16)15-17-13;1-2/h3-12,17H,1-2H3;2-3,6-7,14H,4-5,8-9H2,1H3,(H,15,16);1-2H3/b11-10+,19-16-;;. The molecule has 0 aliphatic heterocycles. The van der Waals surface area contributed by atoms with Crippen LogP contribution >= 0.6 is 0 Å². The van der Waals surface area contributed by atoms with Gasteiger partial charge in [0.1, 0.15) is 0 Å². The molecule has 1 heterocycles. The van der Waals surface area contributed by atoms with E-state index < -0.39 is 5.91 Å². The summed E-state index contributed by atoms with van der Waals surface area (Å²) < 4.78 is 11.2. The quantitative estimate of drug-likeness (QED) is 0.151. The number of para-hydroxylation sites is 1. The minimum Gasteiger partial charge on any atom is -0.385 e. The number of hydroxylamine groups is 1. The highest BCUT2D eigenvalue weighted by Gasteiger charge is 2.01. The molecule has 0 aliphatic carbocycles. The number of nitrogens with one attached hydrogen (secondary N) is 3. The van der Waals surface area contributed by atoms with Gasteiger partial charge >= 0.3 is 0 Å². The van der Waals surface area contributed by atoms with Crippen LogP contribution in [0.15, 0.2) is 84.1 Å². The van der Waals surface area contributed by atoms with Gasteiger partial charge in [-0.25, -0.2) is 0 Å². The van der Waals surface area contributed by atoms with E-state index in [-0.39, 0.29) is 6.42 Å². The van der Waals surface area contributed by atoms with Crippen LogP contribution in [-0.2, 0) is 9.84 Å². The van der Waals surface area contributed by atoms with Crippen LogP contribution in [0.5, 0.6) is 0 Å². The van der Waals surface area contributed by atoms with E-state index in [4.69, 9.17) is 0 Å². The first-order valence-electron chi connectivity index (χ1n) is 12.8. The van der Waals surface area contributed by atoms with Crippen LogP contribution < -0.4 is 16.2 Å². The second kappa shape index (κ2) is 20.1. The third-order valence-electron chi connectivity index (χ3n) is 5.12. The number of hydrogen-bond donors (Lipinski definition) is 3. The van der Waals surface area contributed by atoms with Crippen molar-refractivity contribution in [2.75, 3.05) is 18.9 Å². The highest BCUT2D eigenvalue weighted by atomic mass is 19.3. The van der Waals surface area contributed by atoms with E-state index in [0.29, 0.717) is 6.42 Å². The molecule has 38 heavy (non-hydrogen) atoms. The molecule has 8 heteroatoms. The van der Waals surface area contributed by atoms with Crippen molar-refractivity contribution < 1.29 is 14.4 Å². The van der Waals surface area contributed by atoms with Crippen LogP contribution in [0.25, 0.3) is 6.08 Å². The Labute approximate surface area is 226 Å². The van der Waals surface area contributed by atoms with Gasteiger partial charge in [-0.15, -0.1) is 0 Å². The summed E-state index contributed by atoms with van der Waals surface area (Å²) >= 11 is 0. The van der Waals surface area contributed by atoms with Gasteiger partial charge in [-0.3, -0.25) is 9.78 Å². The molecule has 0 fully saturated rings. The number of benzene rings is 2. The molecule has 0 saturated carbocycles. The first-order valence-corrected chi connectivity index (χ1v) is 12.8. The molecule has 204 valence electrons. The molecule has 0 saturated heterocycles. The van der Waals surface area contributed by atoms with Gasteiger partial charge in [0, 0.05) is 37.5 Å². The molecule has 3 rings (SSSR count). The number of allylic oxidation sites excluding steroid dienone is 1. The lowest BCUT2D eigenvalue weighted by Gasteiger charge is -2.08. The molecular formula is C30H40FN5O2. The van der Waals surface area contributed by atoms with Gasteiger partial charge in [0.2, 0.25) is 5.91 Å². The zero-order valence-electron chi connectivity index (χ0n) is 23.0. The maximum atomic E-state index is 11.2. The number of amides is 1. The molecule has 3 aromatic rings. The third kappa shape index (κ3) is 13.3. The average molecular weight is 522 g/mol. The van der Waals surface area contributed by atoms with Gasteiger partial charge in [-0.2, -0.15) is 10.6 Å². The Bertz CT molecular complexity index is 1100. The van der Waals surface area contributed by atoms with Crippen molar-refractivity contribution in [2.45, 2.75) is 47.0 Å². The van der Waals surface area contributed by atoms with Crippen molar-refractivity contribution in [1.29, 1.82) is 0 Å². The van der Waals surface area contributed by atoms with E-state index >= 15 is 0 Å². The summed E-state index contributed by atoms with van der Waals surface area (Å²) in [7, 11) is 1.79. The number of rotatable bonds is 11. The number of carbonyl (C=O) groups is 1. The van der Waals surface area contributed by atoms with Crippen molar-refractivity contribution in [3.8, 4) is 0 Å². The van der Waals surface area contributed by atoms with E-state index in [0.717, 1.165) is 35.6 Å². The first-order chi connectivity index (χ1) is 18.5. The number of carbonyl (C=O) groups excluding carboxylic acids is 1. The Balaban J connectivity index is 0.000000359. The largest absolute Gasteiger partial charge is 0.385 e. The molecule has 0 radical (unpaired) electrons. The first kappa shape index (κ1) is 32.0. The SMILES string of the molecule is CC.CN/N=C(/C=C/c1ccccn1)c1ccc(C)cc1.Cc1ccccc1NCCCCC(=O)NOF. The summed E-state index contributed by atoms with van der Waals surface area (Å²) in [6.45, 7) is 8.89. The summed E-state index contributed by atoms with van der Waals surface area (Å²) in [6.07, 6.45) is 7.49. The van der Waals surface area contributed by atoms with Crippen LogP contribution in [0.1, 0.15) is 55.5 Å². The Morgan fingerprint density at radius 1 is 1.00 bits per heavy atom. The molecule has 0 unspecified atom stereocenters. The number of hydrogen-bond acceptors (Lipinski definition) is 6. The Morgan fingerprint density at radius 3 is 2.34 bits per heavy atom. The summed E-state index contributed by atoms with van der Waals surface area (Å²) in [6, 6.07) is 22.1. The van der Waals surface area contributed by atoms with Gasteiger partial charge in [0.05, 0.1) is 11.4 Å². The van der Waals surface area contributed by atoms with E-state index in [2.05, 4.69) is 57.1 Å². The lowest BCUT2D eigenvalue weighted by Crippen LogP contribution is -2.19. The summed E-state index contributed by atoms with van der Waals surface area (Å²) in [5, 5.41) is 10.6. The van der Waals surface area contributed by atoms with E-state index in [1.165, 1.54) is 11.1 Å². The second-order valence-corrected chi connectivity index (χ2v) is 7.98. The highest BCUT2D eigenvalue weighted by molar-refractivity contribution is 6.10. The number of halogens is 1. The number of hydrazone groups is 1. The van der Waals surface area contributed by atoms with Crippen molar-refractivity contribution >= 4 is 23.4 Å². The Hall–Kier alpha value is -4.04. The molecule has 0 aliphatic rings. The van der Waals surface area contributed by atoms with Crippen LogP contribution in [-0.4, -0.2) is 30.2 Å². The Morgan fingerprint density at radius 2 is 1.71 bits per heavy atom. The highest BCUT2D eigenvalue weighted by Crippen LogP contribution is 2.13. The number of unbranched alkanes of at least 4 members (excludes halogenated alkanes) is 1. The van der Waals surface area contributed by atoms with Crippen LogP contribution in [0.4, 0.5) is 10.2 Å². The molecule has 0 atom stereocenters. The van der Waals surface area contributed by atoms with Crippen LogP contribution in [0.2, 0.25) is 0 Å². The van der Waals surface area contributed by atoms with Crippen molar-refractivity contribution in [3.63, 3.8) is 0 Å².